The quantitative estimate of drug-likeness (QED) is 0.770. The summed E-state index contributed by atoms with van der Waals surface area (Å²) in [6.45, 7) is 0.535. The lowest BCUT2D eigenvalue weighted by atomic mass is 10.1. The van der Waals surface area contributed by atoms with E-state index in [0.29, 0.717) is 12.1 Å². The lowest BCUT2D eigenvalue weighted by molar-refractivity contribution is 0.145. The molecule has 1 aliphatic rings. The van der Waals surface area contributed by atoms with Crippen molar-refractivity contribution >= 4 is 6.09 Å². The molecule has 1 amide bonds. The van der Waals surface area contributed by atoms with Gasteiger partial charge >= 0.3 is 6.09 Å². The van der Waals surface area contributed by atoms with Crippen molar-refractivity contribution in [2.75, 3.05) is 7.11 Å². The second-order valence-electron chi connectivity index (χ2n) is 3.39. The Morgan fingerprint density at radius 2 is 2.07 bits per heavy atom. The van der Waals surface area contributed by atoms with Gasteiger partial charge in [0.25, 0.3) is 0 Å². The zero-order chi connectivity index (χ0) is 11.0. The first-order valence-corrected chi connectivity index (χ1v) is 4.45. The van der Waals surface area contributed by atoms with E-state index in [1.165, 1.54) is 18.1 Å². The normalized spacial score (nSPS) is 13.9. The molecule has 0 aromatic heterocycles. The molecule has 1 aromatic carbocycles. The van der Waals surface area contributed by atoms with Crippen molar-refractivity contribution in [1.29, 1.82) is 0 Å². The van der Waals surface area contributed by atoms with Gasteiger partial charge in [0.05, 0.1) is 7.11 Å². The molecule has 4 nitrogen and oxygen atoms in total. The van der Waals surface area contributed by atoms with Crippen LogP contribution in [-0.2, 0) is 13.1 Å². The van der Waals surface area contributed by atoms with Crippen molar-refractivity contribution < 1.29 is 19.0 Å². The number of halogens is 1. The number of carboxylic acid groups (broad SMARTS) is 1. The Balaban J connectivity index is 2.35. The van der Waals surface area contributed by atoms with Crippen LogP contribution in [0.1, 0.15) is 11.1 Å². The Labute approximate surface area is 85.9 Å². The maximum absolute atomic E-state index is 13.3. The smallest absolute Gasteiger partial charge is 0.407 e. The van der Waals surface area contributed by atoms with E-state index >= 15 is 0 Å². The van der Waals surface area contributed by atoms with Gasteiger partial charge in [-0.3, -0.25) is 4.90 Å². The van der Waals surface area contributed by atoms with E-state index in [0.717, 1.165) is 5.56 Å². The van der Waals surface area contributed by atoms with Crippen LogP contribution in [0.4, 0.5) is 9.18 Å². The van der Waals surface area contributed by atoms with Crippen molar-refractivity contribution in [3.05, 3.63) is 29.1 Å². The summed E-state index contributed by atoms with van der Waals surface area (Å²) in [5.74, 6) is -0.301. The summed E-state index contributed by atoms with van der Waals surface area (Å²) >= 11 is 0. The number of fused-ring (bicyclic) bond motifs is 1. The molecule has 1 N–H and O–H groups in total. The minimum absolute atomic E-state index is 0.154. The Morgan fingerprint density at radius 3 is 2.60 bits per heavy atom. The van der Waals surface area contributed by atoms with Gasteiger partial charge in [-0.2, -0.15) is 0 Å². The van der Waals surface area contributed by atoms with Crippen LogP contribution in [0, 0.1) is 5.82 Å². The van der Waals surface area contributed by atoms with Crippen LogP contribution in [-0.4, -0.2) is 23.2 Å². The van der Waals surface area contributed by atoms with E-state index in [2.05, 4.69) is 0 Å². The number of hydrogen-bond donors (Lipinski definition) is 1. The van der Waals surface area contributed by atoms with Gasteiger partial charge in [0.2, 0.25) is 0 Å². The molecule has 1 aliphatic heterocycles. The average Bonchev–Trinajstić information content (AvgIpc) is 2.59. The maximum Gasteiger partial charge on any atom is 0.407 e. The molecule has 0 atom stereocenters. The standard InChI is InChI=1S/C10H10FNO3/c1-15-9-3-7-5-12(10(13)14)4-6(7)2-8(9)11/h2-3H,4-5H2,1H3,(H,13,14). The van der Waals surface area contributed by atoms with Crippen LogP contribution in [0.3, 0.4) is 0 Å². The van der Waals surface area contributed by atoms with E-state index in [-0.39, 0.29) is 12.3 Å². The van der Waals surface area contributed by atoms with E-state index < -0.39 is 11.9 Å². The number of benzene rings is 1. The van der Waals surface area contributed by atoms with Crippen LogP contribution in [0.15, 0.2) is 12.1 Å². The first kappa shape index (κ1) is 9.76. The van der Waals surface area contributed by atoms with Crippen LogP contribution in [0.25, 0.3) is 0 Å². The van der Waals surface area contributed by atoms with Gasteiger partial charge < -0.3 is 9.84 Å². The fourth-order valence-electron chi connectivity index (χ4n) is 1.69. The second-order valence-corrected chi connectivity index (χ2v) is 3.39. The molecule has 0 fully saturated rings. The number of rotatable bonds is 1. The summed E-state index contributed by atoms with van der Waals surface area (Å²) in [7, 11) is 1.38. The highest BCUT2D eigenvalue weighted by molar-refractivity contribution is 5.66. The maximum atomic E-state index is 13.3. The van der Waals surface area contributed by atoms with Gasteiger partial charge in [-0.05, 0) is 23.3 Å². The summed E-state index contributed by atoms with van der Waals surface area (Å²) in [6.07, 6.45) is -0.995. The van der Waals surface area contributed by atoms with Gasteiger partial charge in [-0.1, -0.05) is 0 Å². The van der Waals surface area contributed by atoms with Gasteiger partial charge in [0, 0.05) is 13.1 Å². The molecule has 1 aromatic rings. The SMILES string of the molecule is COc1cc2c(cc1F)CN(C(=O)O)C2. The third-order valence-electron chi connectivity index (χ3n) is 2.47. The van der Waals surface area contributed by atoms with E-state index in [1.807, 2.05) is 0 Å². The molecule has 15 heavy (non-hydrogen) atoms. The molecule has 0 bridgehead atoms. The third kappa shape index (κ3) is 1.60. The second kappa shape index (κ2) is 3.42. The largest absolute Gasteiger partial charge is 0.494 e. The molecule has 0 spiro atoms. The number of ether oxygens (including phenoxy) is 1. The summed E-state index contributed by atoms with van der Waals surface area (Å²) in [4.78, 5) is 11.9. The van der Waals surface area contributed by atoms with Crippen molar-refractivity contribution in [2.24, 2.45) is 0 Å². The summed E-state index contributed by atoms with van der Waals surface area (Å²) < 4.78 is 18.1. The minimum Gasteiger partial charge on any atom is -0.494 e. The average molecular weight is 211 g/mol. The highest BCUT2D eigenvalue weighted by atomic mass is 19.1. The van der Waals surface area contributed by atoms with Gasteiger partial charge in [0.1, 0.15) is 0 Å². The number of methoxy groups -OCH3 is 1. The van der Waals surface area contributed by atoms with Crippen LogP contribution < -0.4 is 4.74 Å². The molecule has 0 saturated carbocycles. The number of nitrogens with zero attached hydrogens (tertiary/aromatic N) is 1. The molecule has 2 rings (SSSR count). The molecule has 80 valence electrons. The van der Waals surface area contributed by atoms with Crippen LogP contribution >= 0.6 is 0 Å². The lowest BCUT2D eigenvalue weighted by Gasteiger charge is -2.08. The Bertz CT molecular complexity index is 419. The molecule has 1 heterocycles. The van der Waals surface area contributed by atoms with Gasteiger partial charge in [-0.25, -0.2) is 9.18 Å². The number of carbonyl (C=O) groups is 1. The van der Waals surface area contributed by atoms with Crippen LogP contribution in [0.2, 0.25) is 0 Å². The Morgan fingerprint density at radius 1 is 1.47 bits per heavy atom. The van der Waals surface area contributed by atoms with Crippen molar-refractivity contribution in [2.45, 2.75) is 13.1 Å². The summed E-state index contributed by atoms with van der Waals surface area (Å²) in [6, 6.07) is 2.88. The zero-order valence-electron chi connectivity index (χ0n) is 8.16. The minimum atomic E-state index is -0.995. The first-order chi connectivity index (χ1) is 7.11. The van der Waals surface area contributed by atoms with Crippen LogP contribution in [0.5, 0.6) is 5.75 Å². The van der Waals surface area contributed by atoms with Gasteiger partial charge in [0.15, 0.2) is 11.6 Å². The summed E-state index contributed by atoms with van der Waals surface area (Å²) in [5.41, 5.74) is 1.51. The summed E-state index contributed by atoms with van der Waals surface area (Å²) in [5, 5.41) is 8.78. The molecular weight excluding hydrogens is 201 g/mol. The fourth-order valence-corrected chi connectivity index (χ4v) is 1.69. The molecular formula is C10H10FNO3. The Hall–Kier alpha value is -1.78. The van der Waals surface area contributed by atoms with Crippen molar-refractivity contribution in [1.82, 2.24) is 4.90 Å². The van der Waals surface area contributed by atoms with Crippen molar-refractivity contribution in [3.63, 3.8) is 0 Å². The third-order valence-corrected chi connectivity index (χ3v) is 2.47. The number of amides is 1. The predicted octanol–water partition coefficient (Wildman–Crippen LogP) is 1.83. The molecule has 5 heteroatoms. The lowest BCUT2D eigenvalue weighted by Crippen LogP contribution is -2.22. The Kier molecular flexibility index (Phi) is 2.22. The topological polar surface area (TPSA) is 49.8 Å². The highest BCUT2D eigenvalue weighted by Gasteiger charge is 2.24. The number of hydrogen-bond acceptors (Lipinski definition) is 2. The predicted molar refractivity (Wildman–Crippen MR) is 50.2 cm³/mol. The fraction of sp³-hybridized carbons (Fsp3) is 0.300. The van der Waals surface area contributed by atoms with Crippen molar-refractivity contribution in [3.8, 4) is 5.75 Å². The highest BCUT2D eigenvalue weighted by Crippen LogP contribution is 2.29. The van der Waals surface area contributed by atoms with E-state index in [4.69, 9.17) is 9.84 Å². The van der Waals surface area contributed by atoms with E-state index in [1.54, 1.807) is 6.07 Å². The zero-order valence-corrected chi connectivity index (χ0v) is 8.16. The van der Waals surface area contributed by atoms with E-state index in [9.17, 15) is 9.18 Å². The molecule has 0 unspecified atom stereocenters. The molecule has 0 radical (unpaired) electrons. The first-order valence-electron chi connectivity index (χ1n) is 4.45. The monoisotopic (exact) mass is 211 g/mol. The van der Waals surface area contributed by atoms with Gasteiger partial charge in [-0.15, -0.1) is 0 Å². The molecule has 0 saturated heterocycles. The molecule has 0 aliphatic carbocycles.